The number of ketones is 1. The Balaban J connectivity index is 1.60. The summed E-state index contributed by atoms with van der Waals surface area (Å²) in [5, 5.41) is 3.12. The summed E-state index contributed by atoms with van der Waals surface area (Å²) >= 11 is 5.98. The molecule has 0 radical (unpaired) electrons. The zero-order chi connectivity index (χ0) is 30.5. The molecule has 9 heteroatoms. The van der Waals surface area contributed by atoms with Gasteiger partial charge < -0.3 is 10.1 Å². The minimum absolute atomic E-state index is 0.0314. The van der Waals surface area contributed by atoms with Crippen molar-refractivity contribution >= 4 is 44.7 Å². The lowest BCUT2D eigenvalue weighted by Crippen LogP contribution is -2.38. The van der Waals surface area contributed by atoms with Crippen molar-refractivity contribution in [2.75, 3.05) is 22.8 Å². The van der Waals surface area contributed by atoms with Gasteiger partial charge in [-0.25, -0.2) is 8.42 Å². The van der Waals surface area contributed by atoms with E-state index in [1.54, 1.807) is 67.6 Å². The summed E-state index contributed by atoms with van der Waals surface area (Å²) in [7, 11) is -4.19. The number of para-hydroxylation sites is 2. The maximum atomic E-state index is 13.8. The minimum Gasteiger partial charge on any atom is -0.492 e. The average Bonchev–Trinajstić information content (AvgIpc) is 2.96. The molecule has 7 nitrogen and oxygen atoms in total. The molecule has 4 aromatic rings. The summed E-state index contributed by atoms with van der Waals surface area (Å²) in [6, 6.07) is 26.4. The Morgan fingerprint density at radius 3 is 2.17 bits per heavy atom. The predicted octanol–water partition coefficient (Wildman–Crippen LogP) is 7.10. The number of hydrogen-bond donors (Lipinski definition) is 1. The van der Waals surface area contributed by atoms with Gasteiger partial charge in [0.2, 0.25) is 5.91 Å². The number of rotatable bonds is 10. The molecule has 4 rings (SSSR count). The van der Waals surface area contributed by atoms with Crippen molar-refractivity contribution in [2.24, 2.45) is 0 Å². The zero-order valence-corrected chi connectivity index (χ0v) is 25.5. The van der Waals surface area contributed by atoms with Crippen LogP contribution in [0.4, 0.5) is 11.4 Å². The van der Waals surface area contributed by atoms with Crippen LogP contribution in [0.1, 0.15) is 49.2 Å². The van der Waals surface area contributed by atoms with E-state index < -0.39 is 22.5 Å². The molecule has 0 aliphatic rings. The number of sulfonamides is 1. The molecule has 0 atom stereocenters. The van der Waals surface area contributed by atoms with Gasteiger partial charge in [-0.3, -0.25) is 13.9 Å². The lowest BCUT2D eigenvalue weighted by molar-refractivity contribution is -0.114. The third-order valence-corrected chi connectivity index (χ3v) is 8.57. The zero-order valence-electron chi connectivity index (χ0n) is 23.9. The molecular weight excluding hydrogens is 572 g/mol. The highest BCUT2D eigenvalue weighted by molar-refractivity contribution is 7.92. The first-order chi connectivity index (χ1) is 19.9. The molecule has 0 aliphatic carbocycles. The molecule has 0 fully saturated rings. The standard InChI is InChI=1S/C33H33ClN2O5S/c1-5-41-30-12-7-6-11-29(30)36(42(39,40)28-19-17-26(34)18-20-28)22-31(37)35-27-10-8-9-24(21-27)32(38)23-13-15-25(16-14-23)33(2,3)4/h6-21H,5,22H2,1-4H3,(H,35,37). The van der Waals surface area contributed by atoms with Gasteiger partial charge in [-0.15, -0.1) is 0 Å². The number of carbonyl (C=O) groups is 2. The van der Waals surface area contributed by atoms with Gasteiger partial charge in [0.05, 0.1) is 17.2 Å². The minimum atomic E-state index is -4.19. The van der Waals surface area contributed by atoms with Crippen molar-refractivity contribution < 1.29 is 22.7 Å². The van der Waals surface area contributed by atoms with E-state index in [-0.39, 0.29) is 21.8 Å². The number of nitrogens with one attached hydrogen (secondary N) is 1. The number of carbonyl (C=O) groups excluding carboxylic acids is 2. The Morgan fingerprint density at radius 1 is 0.857 bits per heavy atom. The van der Waals surface area contributed by atoms with Crippen LogP contribution in [0.3, 0.4) is 0 Å². The van der Waals surface area contributed by atoms with Gasteiger partial charge in [0.15, 0.2) is 5.78 Å². The van der Waals surface area contributed by atoms with E-state index in [0.717, 1.165) is 9.87 Å². The fourth-order valence-electron chi connectivity index (χ4n) is 4.33. The second kappa shape index (κ2) is 12.8. The first kappa shape index (κ1) is 30.8. The highest BCUT2D eigenvalue weighted by Crippen LogP contribution is 2.33. The molecule has 0 aromatic heterocycles. The number of amides is 1. The molecule has 1 N–H and O–H groups in total. The molecular formula is C33H33ClN2O5S. The lowest BCUT2D eigenvalue weighted by atomic mass is 9.86. The summed E-state index contributed by atoms with van der Waals surface area (Å²) in [5.74, 6) is -0.475. The van der Waals surface area contributed by atoms with E-state index >= 15 is 0 Å². The van der Waals surface area contributed by atoms with E-state index in [2.05, 4.69) is 26.1 Å². The van der Waals surface area contributed by atoms with Crippen molar-refractivity contribution in [3.05, 3.63) is 119 Å². The van der Waals surface area contributed by atoms with Crippen LogP contribution in [0.15, 0.2) is 102 Å². The SMILES string of the molecule is CCOc1ccccc1N(CC(=O)Nc1cccc(C(=O)c2ccc(C(C)(C)C)cc2)c1)S(=O)(=O)c1ccc(Cl)cc1. The fraction of sp³-hybridized carbons (Fsp3) is 0.212. The second-order valence-electron chi connectivity index (χ2n) is 10.7. The Hall–Kier alpha value is -4.14. The van der Waals surface area contributed by atoms with Gasteiger partial charge in [0.25, 0.3) is 10.0 Å². The molecule has 218 valence electrons. The molecule has 1 amide bonds. The van der Waals surface area contributed by atoms with Gasteiger partial charge in [-0.2, -0.15) is 0 Å². The highest BCUT2D eigenvalue weighted by Gasteiger charge is 2.29. The summed E-state index contributed by atoms with van der Waals surface area (Å²) in [6.45, 7) is 7.86. The average molecular weight is 605 g/mol. The second-order valence-corrected chi connectivity index (χ2v) is 13.0. The molecule has 0 saturated carbocycles. The molecule has 0 bridgehead atoms. The van der Waals surface area contributed by atoms with Crippen LogP contribution in [-0.4, -0.2) is 33.3 Å². The molecule has 4 aromatic carbocycles. The first-order valence-corrected chi connectivity index (χ1v) is 15.3. The van der Waals surface area contributed by atoms with Gasteiger partial charge in [-0.1, -0.05) is 80.9 Å². The van der Waals surface area contributed by atoms with Crippen molar-refractivity contribution in [1.82, 2.24) is 0 Å². The van der Waals surface area contributed by atoms with E-state index in [9.17, 15) is 18.0 Å². The number of halogens is 1. The van der Waals surface area contributed by atoms with E-state index in [1.165, 1.54) is 24.3 Å². The number of anilines is 2. The molecule has 42 heavy (non-hydrogen) atoms. The van der Waals surface area contributed by atoms with E-state index in [1.807, 2.05) is 12.1 Å². The largest absolute Gasteiger partial charge is 0.492 e. The van der Waals surface area contributed by atoms with Gasteiger partial charge in [-0.05, 0) is 66.4 Å². The van der Waals surface area contributed by atoms with Crippen LogP contribution in [0.5, 0.6) is 5.75 Å². The predicted molar refractivity (Wildman–Crippen MR) is 167 cm³/mol. The van der Waals surface area contributed by atoms with Crippen molar-refractivity contribution in [1.29, 1.82) is 0 Å². The normalized spacial score (nSPS) is 11.5. The monoisotopic (exact) mass is 604 g/mol. The summed E-state index contributed by atoms with van der Waals surface area (Å²) in [6.07, 6.45) is 0. The number of benzene rings is 4. The van der Waals surface area contributed by atoms with Gasteiger partial charge in [0, 0.05) is 21.8 Å². The Kier molecular flexibility index (Phi) is 9.39. The topological polar surface area (TPSA) is 92.8 Å². The highest BCUT2D eigenvalue weighted by atomic mass is 35.5. The lowest BCUT2D eigenvalue weighted by Gasteiger charge is -2.26. The number of ether oxygens (including phenoxy) is 1. The molecule has 0 heterocycles. The molecule has 0 saturated heterocycles. The Morgan fingerprint density at radius 2 is 1.52 bits per heavy atom. The molecule has 0 aliphatic heterocycles. The van der Waals surface area contributed by atoms with Gasteiger partial charge >= 0.3 is 0 Å². The molecule has 0 spiro atoms. The van der Waals surface area contributed by atoms with Crippen molar-refractivity contribution in [3.63, 3.8) is 0 Å². The van der Waals surface area contributed by atoms with Crippen LogP contribution >= 0.6 is 11.6 Å². The maximum absolute atomic E-state index is 13.8. The quantitative estimate of drug-likeness (QED) is 0.195. The molecule has 0 unspecified atom stereocenters. The number of hydrogen-bond acceptors (Lipinski definition) is 5. The van der Waals surface area contributed by atoms with Crippen LogP contribution in [-0.2, 0) is 20.2 Å². The summed E-state index contributed by atoms with van der Waals surface area (Å²) in [5.41, 5.74) is 2.57. The third-order valence-electron chi connectivity index (χ3n) is 6.54. The summed E-state index contributed by atoms with van der Waals surface area (Å²) in [4.78, 5) is 26.5. The Labute approximate surface area is 252 Å². The van der Waals surface area contributed by atoms with Crippen molar-refractivity contribution in [2.45, 2.75) is 38.0 Å². The van der Waals surface area contributed by atoms with Crippen LogP contribution in [0.2, 0.25) is 5.02 Å². The van der Waals surface area contributed by atoms with E-state index in [4.69, 9.17) is 16.3 Å². The van der Waals surface area contributed by atoms with E-state index in [0.29, 0.717) is 34.2 Å². The van der Waals surface area contributed by atoms with Crippen LogP contribution < -0.4 is 14.4 Å². The Bertz CT molecular complexity index is 1680. The maximum Gasteiger partial charge on any atom is 0.264 e. The van der Waals surface area contributed by atoms with Crippen LogP contribution in [0, 0.1) is 0 Å². The third kappa shape index (κ3) is 7.19. The van der Waals surface area contributed by atoms with Gasteiger partial charge in [0.1, 0.15) is 12.3 Å². The fourth-order valence-corrected chi connectivity index (χ4v) is 5.89. The van der Waals surface area contributed by atoms with Crippen molar-refractivity contribution in [3.8, 4) is 5.75 Å². The smallest absolute Gasteiger partial charge is 0.264 e. The number of nitrogens with zero attached hydrogens (tertiary/aromatic N) is 1. The van der Waals surface area contributed by atoms with Crippen LogP contribution in [0.25, 0.3) is 0 Å². The first-order valence-electron chi connectivity index (χ1n) is 13.5. The summed E-state index contributed by atoms with van der Waals surface area (Å²) < 4.78 is 34.2.